The van der Waals surface area contributed by atoms with Gasteiger partial charge in [-0.1, -0.05) is 24.3 Å². The predicted molar refractivity (Wildman–Crippen MR) is 64.3 cm³/mol. The number of nitriles is 1. The highest BCUT2D eigenvalue weighted by molar-refractivity contribution is 5.77. The van der Waals surface area contributed by atoms with Crippen LogP contribution in [0.1, 0.15) is 23.6 Å². The minimum Gasteiger partial charge on any atom is -0.329 e. The molecule has 0 spiro atoms. The molecule has 1 N–H and O–H groups in total. The smallest absolute Gasteiger partial charge is 0.318 e. The van der Waals surface area contributed by atoms with Gasteiger partial charge >= 0.3 is 6.03 Å². The molecule has 1 aliphatic rings. The zero-order valence-electron chi connectivity index (χ0n) is 9.81. The van der Waals surface area contributed by atoms with Crippen molar-refractivity contribution in [1.29, 1.82) is 5.26 Å². The number of hydrogen-bond acceptors (Lipinski definition) is 2. The van der Waals surface area contributed by atoms with Crippen molar-refractivity contribution >= 4 is 6.03 Å². The summed E-state index contributed by atoms with van der Waals surface area (Å²) < 4.78 is 0. The normalized spacial score (nSPS) is 18.9. The minimum absolute atomic E-state index is 0.0439. The predicted octanol–water partition coefficient (Wildman–Crippen LogP) is 1.97. The number of carbonyl (C=O) groups is 1. The van der Waals surface area contributed by atoms with Gasteiger partial charge in [-0.25, -0.2) is 4.79 Å². The molecule has 1 fully saturated rings. The number of benzene rings is 1. The number of aryl methyl sites for hydroxylation is 1. The lowest BCUT2D eigenvalue weighted by Crippen LogP contribution is -2.28. The molecule has 1 aliphatic heterocycles. The lowest BCUT2D eigenvalue weighted by molar-refractivity contribution is 0.218. The van der Waals surface area contributed by atoms with Crippen LogP contribution < -0.4 is 5.32 Å². The van der Waals surface area contributed by atoms with Gasteiger partial charge in [0.15, 0.2) is 0 Å². The summed E-state index contributed by atoms with van der Waals surface area (Å²) in [5, 5.41) is 11.5. The zero-order chi connectivity index (χ0) is 12.3. The van der Waals surface area contributed by atoms with Gasteiger partial charge in [-0.2, -0.15) is 5.26 Å². The summed E-state index contributed by atoms with van der Waals surface area (Å²) in [6, 6.07) is 10.1. The molecule has 88 valence electrons. The summed E-state index contributed by atoms with van der Waals surface area (Å²) in [7, 11) is 0. The maximum absolute atomic E-state index is 11.7. The Hall–Kier alpha value is -2.02. The second kappa shape index (κ2) is 4.88. The third kappa shape index (κ3) is 2.39. The summed E-state index contributed by atoms with van der Waals surface area (Å²) in [5.74, 6) is 0. The second-order valence-electron chi connectivity index (χ2n) is 4.21. The van der Waals surface area contributed by atoms with Crippen molar-refractivity contribution in [2.75, 3.05) is 13.1 Å². The van der Waals surface area contributed by atoms with E-state index in [1.807, 2.05) is 31.2 Å². The van der Waals surface area contributed by atoms with Gasteiger partial charge in [0.2, 0.25) is 0 Å². The van der Waals surface area contributed by atoms with Crippen molar-refractivity contribution in [2.45, 2.75) is 19.4 Å². The molecule has 4 heteroatoms. The van der Waals surface area contributed by atoms with E-state index in [2.05, 4.69) is 11.4 Å². The summed E-state index contributed by atoms with van der Waals surface area (Å²) in [4.78, 5) is 13.4. The number of hydrogen-bond donors (Lipinski definition) is 1. The number of urea groups is 1. The maximum atomic E-state index is 11.7. The molecular formula is C13H15N3O. The first-order chi connectivity index (χ1) is 8.22. The van der Waals surface area contributed by atoms with Crippen LogP contribution in [0.2, 0.25) is 0 Å². The highest BCUT2D eigenvalue weighted by Crippen LogP contribution is 2.22. The van der Waals surface area contributed by atoms with Crippen LogP contribution in [0.4, 0.5) is 4.79 Å². The van der Waals surface area contributed by atoms with Crippen LogP contribution in [0.15, 0.2) is 24.3 Å². The molecule has 0 radical (unpaired) electrons. The Kier molecular flexibility index (Phi) is 3.29. The Bertz CT molecular complexity index is 464. The van der Waals surface area contributed by atoms with Crippen LogP contribution in [0.3, 0.4) is 0 Å². The number of amides is 2. The molecule has 1 saturated heterocycles. The third-order valence-corrected chi connectivity index (χ3v) is 3.05. The van der Waals surface area contributed by atoms with E-state index in [1.54, 1.807) is 4.90 Å². The topological polar surface area (TPSA) is 56.1 Å². The number of rotatable bonds is 3. The third-order valence-electron chi connectivity index (χ3n) is 3.05. The molecule has 2 amide bonds. The fourth-order valence-corrected chi connectivity index (χ4v) is 2.12. The standard InChI is InChI=1S/C13H15N3O/c1-10-5-2-3-6-11(10)12-9-16(8-4-7-14)13(17)15-12/h2-3,5-6,12H,4,8-9H2,1H3,(H,15,17). The quantitative estimate of drug-likeness (QED) is 0.861. The van der Waals surface area contributed by atoms with Crippen LogP contribution >= 0.6 is 0 Å². The van der Waals surface area contributed by atoms with Crippen molar-refractivity contribution in [3.05, 3.63) is 35.4 Å². The molecule has 0 saturated carbocycles. The molecule has 1 heterocycles. The molecular weight excluding hydrogens is 214 g/mol. The largest absolute Gasteiger partial charge is 0.329 e. The monoisotopic (exact) mass is 229 g/mol. The van der Waals surface area contributed by atoms with Crippen molar-refractivity contribution in [2.24, 2.45) is 0 Å². The minimum atomic E-state index is -0.0755. The highest BCUT2D eigenvalue weighted by Gasteiger charge is 2.29. The fraction of sp³-hybridized carbons (Fsp3) is 0.385. The zero-order valence-corrected chi connectivity index (χ0v) is 9.81. The first-order valence-electron chi connectivity index (χ1n) is 5.70. The van der Waals surface area contributed by atoms with E-state index in [-0.39, 0.29) is 12.1 Å². The van der Waals surface area contributed by atoms with Gasteiger partial charge in [-0.15, -0.1) is 0 Å². The van der Waals surface area contributed by atoms with E-state index in [0.29, 0.717) is 19.5 Å². The summed E-state index contributed by atoms with van der Waals surface area (Å²) >= 11 is 0. The van der Waals surface area contributed by atoms with Gasteiger partial charge in [-0.3, -0.25) is 0 Å². The van der Waals surface area contributed by atoms with Crippen LogP contribution in [-0.2, 0) is 0 Å². The summed E-state index contributed by atoms with van der Waals surface area (Å²) in [6.07, 6.45) is 0.383. The average molecular weight is 229 g/mol. The summed E-state index contributed by atoms with van der Waals surface area (Å²) in [5.41, 5.74) is 2.33. The SMILES string of the molecule is Cc1ccccc1C1CN(CCC#N)C(=O)N1. The highest BCUT2D eigenvalue weighted by atomic mass is 16.2. The van der Waals surface area contributed by atoms with Crippen molar-refractivity contribution in [1.82, 2.24) is 10.2 Å². The van der Waals surface area contributed by atoms with Crippen molar-refractivity contribution in [3.8, 4) is 6.07 Å². The van der Waals surface area contributed by atoms with Gasteiger partial charge in [0, 0.05) is 13.1 Å². The fourth-order valence-electron chi connectivity index (χ4n) is 2.12. The molecule has 1 unspecified atom stereocenters. The second-order valence-corrected chi connectivity index (χ2v) is 4.21. The van der Waals surface area contributed by atoms with E-state index >= 15 is 0 Å². The molecule has 4 nitrogen and oxygen atoms in total. The van der Waals surface area contributed by atoms with Crippen LogP contribution in [-0.4, -0.2) is 24.0 Å². The summed E-state index contributed by atoms with van der Waals surface area (Å²) in [6.45, 7) is 3.19. The van der Waals surface area contributed by atoms with Crippen molar-refractivity contribution < 1.29 is 4.79 Å². The molecule has 1 aromatic carbocycles. The Morgan fingerprint density at radius 1 is 1.53 bits per heavy atom. The number of carbonyl (C=O) groups excluding carboxylic acids is 1. The van der Waals surface area contributed by atoms with Gasteiger partial charge in [0.1, 0.15) is 0 Å². The molecule has 0 aromatic heterocycles. The Labute approximate surface area is 101 Å². The molecule has 1 atom stereocenters. The Morgan fingerprint density at radius 3 is 3.00 bits per heavy atom. The van der Waals surface area contributed by atoms with Gasteiger partial charge < -0.3 is 10.2 Å². The van der Waals surface area contributed by atoms with Gasteiger partial charge in [-0.05, 0) is 18.1 Å². The van der Waals surface area contributed by atoms with Crippen LogP contribution in [0.5, 0.6) is 0 Å². The van der Waals surface area contributed by atoms with E-state index in [1.165, 1.54) is 5.56 Å². The maximum Gasteiger partial charge on any atom is 0.318 e. The number of nitrogens with zero attached hydrogens (tertiary/aromatic N) is 2. The van der Waals surface area contributed by atoms with E-state index in [9.17, 15) is 4.79 Å². The first-order valence-corrected chi connectivity index (χ1v) is 5.70. The van der Waals surface area contributed by atoms with Crippen LogP contribution in [0.25, 0.3) is 0 Å². The molecule has 2 rings (SSSR count). The number of nitrogens with one attached hydrogen (secondary N) is 1. The van der Waals surface area contributed by atoms with E-state index < -0.39 is 0 Å². The lowest BCUT2D eigenvalue weighted by Gasteiger charge is -2.14. The van der Waals surface area contributed by atoms with Gasteiger partial charge in [0.25, 0.3) is 0 Å². The first kappa shape index (κ1) is 11.5. The van der Waals surface area contributed by atoms with E-state index in [0.717, 1.165) is 5.56 Å². The Morgan fingerprint density at radius 2 is 2.29 bits per heavy atom. The average Bonchev–Trinajstić information content (AvgIpc) is 2.68. The lowest BCUT2D eigenvalue weighted by atomic mass is 10.0. The molecule has 1 aromatic rings. The molecule has 17 heavy (non-hydrogen) atoms. The van der Waals surface area contributed by atoms with Gasteiger partial charge in [0.05, 0.1) is 18.5 Å². The Balaban J connectivity index is 2.09. The van der Waals surface area contributed by atoms with Crippen molar-refractivity contribution in [3.63, 3.8) is 0 Å². The van der Waals surface area contributed by atoms with E-state index in [4.69, 9.17) is 5.26 Å². The molecule has 0 aliphatic carbocycles. The van der Waals surface area contributed by atoms with Crippen LogP contribution in [0, 0.1) is 18.3 Å². The molecule has 0 bridgehead atoms.